The van der Waals surface area contributed by atoms with Gasteiger partial charge in [-0.25, -0.2) is 0 Å². The summed E-state index contributed by atoms with van der Waals surface area (Å²) in [6.45, 7) is 0. The Bertz CT molecular complexity index is 514. The molecule has 0 aliphatic carbocycles. The van der Waals surface area contributed by atoms with Crippen LogP contribution in [0.5, 0.6) is 0 Å². The SMILES string of the molecule is O=S([O-])Cc1ccccc1Nc1ccccc1. The molecule has 0 heterocycles. The summed E-state index contributed by atoms with van der Waals surface area (Å²) in [5.41, 5.74) is 2.53. The molecule has 88 valence electrons. The van der Waals surface area contributed by atoms with Crippen LogP contribution in [-0.4, -0.2) is 8.76 Å². The maximum atomic E-state index is 10.7. The Labute approximate surface area is 103 Å². The zero-order valence-corrected chi connectivity index (χ0v) is 9.94. The Morgan fingerprint density at radius 2 is 1.65 bits per heavy atom. The van der Waals surface area contributed by atoms with Gasteiger partial charge in [0.05, 0.1) is 0 Å². The van der Waals surface area contributed by atoms with Crippen molar-refractivity contribution in [3.63, 3.8) is 0 Å². The average Bonchev–Trinajstić information content (AvgIpc) is 2.32. The van der Waals surface area contributed by atoms with Gasteiger partial charge >= 0.3 is 0 Å². The van der Waals surface area contributed by atoms with Crippen molar-refractivity contribution in [1.29, 1.82) is 0 Å². The highest BCUT2D eigenvalue weighted by molar-refractivity contribution is 7.78. The fraction of sp³-hybridized carbons (Fsp3) is 0.0769. The van der Waals surface area contributed by atoms with Crippen LogP contribution in [0.3, 0.4) is 0 Å². The summed E-state index contributed by atoms with van der Waals surface area (Å²) < 4.78 is 21.5. The number of nitrogens with one attached hydrogen (secondary N) is 1. The van der Waals surface area contributed by atoms with Gasteiger partial charge in [0.15, 0.2) is 0 Å². The van der Waals surface area contributed by atoms with Gasteiger partial charge < -0.3 is 9.87 Å². The number of anilines is 2. The fourth-order valence-electron chi connectivity index (χ4n) is 1.57. The molecule has 0 saturated heterocycles. The molecule has 0 radical (unpaired) electrons. The molecule has 0 aromatic heterocycles. The molecule has 0 fully saturated rings. The zero-order valence-electron chi connectivity index (χ0n) is 9.13. The molecule has 4 heteroatoms. The first-order valence-electron chi connectivity index (χ1n) is 5.21. The first-order chi connectivity index (χ1) is 8.25. The molecule has 3 nitrogen and oxygen atoms in total. The maximum Gasteiger partial charge on any atom is 0.0425 e. The third kappa shape index (κ3) is 3.41. The standard InChI is InChI=1S/C13H13NO2S/c15-17(16)10-11-6-4-5-9-13(11)14-12-7-2-1-3-8-12/h1-9,14H,10H2,(H,15,16)/p-1. The van der Waals surface area contributed by atoms with Crippen molar-refractivity contribution in [3.05, 3.63) is 60.2 Å². The monoisotopic (exact) mass is 246 g/mol. The van der Waals surface area contributed by atoms with Crippen LogP contribution in [0.15, 0.2) is 54.6 Å². The maximum absolute atomic E-state index is 10.7. The predicted octanol–water partition coefficient (Wildman–Crippen LogP) is 2.81. The van der Waals surface area contributed by atoms with Crippen LogP contribution < -0.4 is 5.32 Å². The van der Waals surface area contributed by atoms with E-state index < -0.39 is 11.1 Å². The minimum absolute atomic E-state index is 0.0238. The summed E-state index contributed by atoms with van der Waals surface area (Å²) in [5.74, 6) is 0.0238. The van der Waals surface area contributed by atoms with Gasteiger partial charge in [0.25, 0.3) is 0 Å². The van der Waals surface area contributed by atoms with Gasteiger partial charge in [-0.1, -0.05) is 47.5 Å². The lowest BCUT2D eigenvalue weighted by molar-refractivity contribution is 0.536. The van der Waals surface area contributed by atoms with E-state index in [1.54, 1.807) is 6.07 Å². The number of hydrogen-bond acceptors (Lipinski definition) is 3. The van der Waals surface area contributed by atoms with Gasteiger partial charge in [-0.05, 0) is 23.8 Å². The normalized spacial score (nSPS) is 12.1. The Morgan fingerprint density at radius 3 is 2.35 bits per heavy atom. The highest BCUT2D eigenvalue weighted by atomic mass is 32.2. The van der Waals surface area contributed by atoms with E-state index in [1.165, 1.54) is 0 Å². The third-order valence-corrected chi connectivity index (χ3v) is 2.89. The second-order valence-corrected chi connectivity index (χ2v) is 4.49. The molecule has 0 saturated carbocycles. The van der Waals surface area contributed by atoms with Crippen molar-refractivity contribution in [2.75, 3.05) is 5.32 Å². The van der Waals surface area contributed by atoms with Crippen molar-refractivity contribution in [2.24, 2.45) is 0 Å². The Balaban J connectivity index is 2.23. The second kappa shape index (κ2) is 5.61. The lowest BCUT2D eigenvalue weighted by atomic mass is 10.2. The molecule has 0 aliphatic heterocycles. The van der Waals surface area contributed by atoms with Crippen LogP contribution >= 0.6 is 0 Å². The van der Waals surface area contributed by atoms with Crippen molar-refractivity contribution in [3.8, 4) is 0 Å². The first kappa shape index (κ1) is 11.8. The summed E-state index contributed by atoms with van der Waals surface area (Å²) in [4.78, 5) is 0. The summed E-state index contributed by atoms with van der Waals surface area (Å²) in [5, 5.41) is 3.20. The highest BCUT2D eigenvalue weighted by Gasteiger charge is 2.01. The summed E-state index contributed by atoms with van der Waals surface area (Å²) in [6.07, 6.45) is 0. The van der Waals surface area contributed by atoms with E-state index in [0.717, 1.165) is 16.9 Å². The van der Waals surface area contributed by atoms with Crippen LogP contribution in [0, 0.1) is 0 Å². The topological polar surface area (TPSA) is 52.2 Å². The van der Waals surface area contributed by atoms with E-state index in [0.29, 0.717) is 0 Å². The molecule has 2 aromatic carbocycles. The molecular formula is C13H12NO2S-. The lowest BCUT2D eigenvalue weighted by Gasteiger charge is -2.13. The largest absolute Gasteiger partial charge is 0.772 e. The van der Waals surface area contributed by atoms with Crippen molar-refractivity contribution in [2.45, 2.75) is 5.75 Å². The molecule has 2 rings (SSSR count). The van der Waals surface area contributed by atoms with Gasteiger partial charge in [-0.15, -0.1) is 0 Å². The van der Waals surface area contributed by atoms with Crippen LogP contribution in [0.4, 0.5) is 11.4 Å². The smallest absolute Gasteiger partial charge is 0.0425 e. The van der Waals surface area contributed by atoms with Crippen LogP contribution in [0.25, 0.3) is 0 Å². The number of hydrogen-bond donors (Lipinski definition) is 1. The first-order valence-corrected chi connectivity index (χ1v) is 6.46. The Hall–Kier alpha value is -1.65. The average molecular weight is 246 g/mol. The van der Waals surface area contributed by atoms with Crippen molar-refractivity contribution < 1.29 is 8.76 Å². The van der Waals surface area contributed by atoms with Gasteiger partial charge in [-0.3, -0.25) is 4.21 Å². The molecule has 0 aliphatic rings. The molecule has 1 atom stereocenters. The number of benzene rings is 2. The number of para-hydroxylation sites is 2. The minimum atomic E-state index is -2.07. The van der Waals surface area contributed by atoms with E-state index >= 15 is 0 Å². The summed E-state index contributed by atoms with van der Waals surface area (Å²) >= 11 is -2.07. The quantitative estimate of drug-likeness (QED) is 0.844. The molecule has 17 heavy (non-hydrogen) atoms. The van der Waals surface area contributed by atoms with Crippen LogP contribution in [-0.2, 0) is 16.8 Å². The molecule has 1 unspecified atom stereocenters. The second-order valence-electron chi connectivity index (χ2n) is 3.60. The van der Waals surface area contributed by atoms with Gasteiger partial charge in [0.2, 0.25) is 0 Å². The van der Waals surface area contributed by atoms with Gasteiger partial charge in [0.1, 0.15) is 0 Å². The zero-order chi connectivity index (χ0) is 12.1. The molecule has 0 spiro atoms. The van der Waals surface area contributed by atoms with E-state index in [-0.39, 0.29) is 5.75 Å². The van der Waals surface area contributed by atoms with Crippen LogP contribution in [0.1, 0.15) is 5.56 Å². The van der Waals surface area contributed by atoms with Crippen LogP contribution in [0.2, 0.25) is 0 Å². The summed E-state index contributed by atoms with van der Waals surface area (Å²) in [7, 11) is 0. The molecular weight excluding hydrogens is 234 g/mol. The third-order valence-electron chi connectivity index (χ3n) is 2.34. The number of rotatable bonds is 4. The summed E-state index contributed by atoms with van der Waals surface area (Å²) in [6, 6.07) is 17.0. The Kier molecular flexibility index (Phi) is 3.90. The fourth-order valence-corrected chi connectivity index (χ4v) is 2.08. The van der Waals surface area contributed by atoms with Gasteiger partial charge in [0, 0.05) is 17.1 Å². The van der Waals surface area contributed by atoms with Crippen molar-refractivity contribution in [1.82, 2.24) is 0 Å². The van der Waals surface area contributed by atoms with E-state index in [1.807, 2.05) is 48.5 Å². The lowest BCUT2D eigenvalue weighted by Crippen LogP contribution is -1.99. The van der Waals surface area contributed by atoms with E-state index in [2.05, 4.69) is 5.32 Å². The van der Waals surface area contributed by atoms with Crippen molar-refractivity contribution >= 4 is 22.5 Å². The predicted molar refractivity (Wildman–Crippen MR) is 68.8 cm³/mol. The molecule has 0 bridgehead atoms. The van der Waals surface area contributed by atoms with E-state index in [4.69, 9.17) is 0 Å². The molecule has 2 aromatic rings. The highest BCUT2D eigenvalue weighted by Crippen LogP contribution is 2.21. The van der Waals surface area contributed by atoms with E-state index in [9.17, 15) is 8.76 Å². The Morgan fingerprint density at radius 1 is 1.00 bits per heavy atom. The molecule has 0 amide bonds. The van der Waals surface area contributed by atoms with Gasteiger partial charge in [-0.2, -0.15) is 0 Å². The minimum Gasteiger partial charge on any atom is -0.772 e. The molecule has 1 N–H and O–H groups in total.